The maximum atomic E-state index is 13.2. The van der Waals surface area contributed by atoms with Crippen LogP contribution < -0.4 is 31.9 Å². The van der Waals surface area contributed by atoms with Crippen molar-refractivity contribution in [2.45, 2.75) is 52.1 Å². The van der Waals surface area contributed by atoms with Crippen molar-refractivity contribution in [1.82, 2.24) is 24.8 Å². The zero-order valence-corrected chi connectivity index (χ0v) is 28.6. The third kappa shape index (κ3) is 5.92. The summed E-state index contributed by atoms with van der Waals surface area (Å²) >= 11 is 7.15. The van der Waals surface area contributed by atoms with Crippen LogP contribution in [0.4, 0.5) is 5.69 Å². The van der Waals surface area contributed by atoms with Gasteiger partial charge in [0.25, 0.3) is 11.5 Å². The Morgan fingerprint density at radius 1 is 1.10 bits per heavy atom. The van der Waals surface area contributed by atoms with Crippen LogP contribution in [0.25, 0.3) is 22.4 Å². The molecule has 0 radical (unpaired) electrons. The Morgan fingerprint density at radius 3 is 2.52 bits per heavy atom. The molecule has 0 saturated carbocycles. The first-order chi connectivity index (χ1) is 22.8. The van der Waals surface area contributed by atoms with Crippen molar-refractivity contribution in [3.05, 3.63) is 96.8 Å². The second kappa shape index (κ2) is 12.7. The predicted molar refractivity (Wildman–Crippen MR) is 186 cm³/mol. The highest BCUT2D eigenvalue weighted by molar-refractivity contribution is 6.36. The summed E-state index contributed by atoms with van der Waals surface area (Å²) in [6.07, 6.45) is 3.42. The molecular weight excluding hydrogens is 632 g/mol. The van der Waals surface area contributed by atoms with Gasteiger partial charge in [0.1, 0.15) is 5.56 Å². The van der Waals surface area contributed by atoms with Crippen molar-refractivity contribution in [2.24, 2.45) is 19.5 Å². The van der Waals surface area contributed by atoms with Gasteiger partial charge in [0, 0.05) is 67.7 Å². The highest BCUT2D eigenvalue weighted by Gasteiger charge is 2.42. The number of fused-ring (bicyclic) bond motifs is 1. The number of ether oxygens (including phenoxy) is 1. The first-order valence-electron chi connectivity index (χ1n) is 15.9. The number of nitrogens with one attached hydrogen (secondary N) is 3. The van der Waals surface area contributed by atoms with Gasteiger partial charge in [-0.15, -0.1) is 0 Å². The van der Waals surface area contributed by atoms with Crippen LogP contribution in [-0.4, -0.2) is 45.6 Å². The van der Waals surface area contributed by atoms with Gasteiger partial charge >= 0.3 is 5.69 Å². The molecule has 250 valence electrons. The van der Waals surface area contributed by atoms with Gasteiger partial charge in [-0.05, 0) is 54.0 Å². The predicted octanol–water partition coefficient (Wildman–Crippen LogP) is 4.53. The van der Waals surface area contributed by atoms with E-state index in [-0.39, 0.29) is 29.0 Å². The lowest BCUT2D eigenvalue weighted by Gasteiger charge is -2.30. The van der Waals surface area contributed by atoms with Crippen LogP contribution >= 0.6 is 11.6 Å². The minimum atomic E-state index is -0.676. The van der Waals surface area contributed by atoms with E-state index in [9.17, 15) is 19.2 Å². The average molecular weight is 671 g/mol. The molecule has 2 aromatic carbocycles. The van der Waals surface area contributed by atoms with Crippen molar-refractivity contribution in [2.75, 3.05) is 19.0 Å². The molecule has 1 aliphatic heterocycles. The number of carbonyl (C=O) groups excluding carboxylic acids is 2. The molecule has 0 spiro atoms. The highest BCUT2D eigenvalue weighted by Crippen LogP contribution is 2.50. The number of pyridine rings is 1. The third-order valence-corrected chi connectivity index (χ3v) is 9.92. The van der Waals surface area contributed by atoms with E-state index < -0.39 is 17.2 Å². The number of hydrogen-bond acceptors (Lipinski definition) is 7. The Labute approximate surface area is 283 Å². The van der Waals surface area contributed by atoms with Crippen molar-refractivity contribution in [3.8, 4) is 28.3 Å². The highest BCUT2D eigenvalue weighted by atomic mass is 35.5. The molecule has 0 unspecified atom stereocenters. The minimum absolute atomic E-state index is 0.00939. The summed E-state index contributed by atoms with van der Waals surface area (Å²) in [6.45, 7) is 6.97. The van der Waals surface area contributed by atoms with Crippen LogP contribution in [0.1, 0.15) is 59.8 Å². The van der Waals surface area contributed by atoms with E-state index in [4.69, 9.17) is 21.3 Å². The average Bonchev–Trinajstić information content (AvgIpc) is 3.59. The zero-order chi connectivity index (χ0) is 34.5. The Balaban J connectivity index is 1.32. The molecule has 0 bridgehead atoms. The summed E-state index contributed by atoms with van der Waals surface area (Å²) in [5.41, 5.74) is 4.91. The Bertz CT molecular complexity index is 2080. The number of hydrogen-bond donors (Lipinski definition) is 3. The van der Waals surface area contributed by atoms with Crippen LogP contribution in [0.2, 0.25) is 5.02 Å². The van der Waals surface area contributed by atoms with E-state index in [0.717, 1.165) is 50.8 Å². The van der Waals surface area contributed by atoms with Crippen molar-refractivity contribution >= 4 is 29.1 Å². The molecule has 11 nitrogen and oxygen atoms in total. The Morgan fingerprint density at radius 2 is 1.81 bits per heavy atom. The van der Waals surface area contributed by atoms with E-state index in [0.29, 0.717) is 35.2 Å². The zero-order valence-electron chi connectivity index (χ0n) is 27.9. The number of carbonyl (C=O) groups is 2. The molecule has 6 rings (SSSR count). The summed E-state index contributed by atoms with van der Waals surface area (Å²) in [5, 5.41) is 10.1. The molecule has 1 aliphatic carbocycles. The molecule has 1 saturated heterocycles. The van der Waals surface area contributed by atoms with Gasteiger partial charge in [0.05, 0.1) is 17.8 Å². The number of anilines is 1. The lowest BCUT2D eigenvalue weighted by Crippen LogP contribution is -2.40. The SMILES string of the molecule is COc1nc(-c2cccc(-c3cccc(NC(=O)c4cn(C)c(=O)n(C)c4=O)c3C)c2Cl)cc2c1[C@H](NC[C@@H]1CCC(=O)N1)C(C)(C)C2. The van der Waals surface area contributed by atoms with Gasteiger partial charge in [0.15, 0.2) is 0 Å². The molecule has 3 heterocycles. The number of benzene rings is 2. The minimum Gasteiger partial charge on any atom is -0.481 e. The van der Waals surface area contributed by atoms with E-state index in [1.807, 2.05) is 37.3 Å². The maximum absolute atomic E-state index is 13.2. The number of aromatic nitrogens is 3. The van der Waals surface area contributed by atoms with E-state index in [2.05, 4.69) is 35.9 Å². The first kappa shape index (κ1) is 33.2. The van der Waals surface area contributed by atoms with Crippen molar-refractivity contribution < 1.29 is 14.3 Å². The summed E-state index contributed by atoms with van der Waals surface area (Å²) in [6, 6.07) is 13.4. The van der Waals surface area contributed by atoms with E-state index >= 15 is 0 Å². The molecule has 2 atom stereocenters. The molecule has 48 heavy (non-hydrogen) atoms. The summed E-state index contributed by atoms with van der Waals surface area (Å²) in [7, 11) is 4.45. The number of amides is 2. The van der Waals surface area contributed by atoms with Crippen molar-refractivity contribution in [3.63, 3.8) is 0 Å². The fraction of sp³-hybridized carbons (Fsp3) is 0.361. The van der Waals surface area contributed by atoms with E-state index in [1.54, 1.807) is 13.2 Å². The quantitative estimate of drug-likeness (QED) is 0.251. The van der Waals surface area contributed by atoms with Crippen molar-refractivity contribution in [1.29, 1.82) is 0 Å². The number of nitrogens with zero attached hydrogens (tertiary/aromatic N) is 3. The van der Waals surface area contributed by atoms with Gasteiger partial charge < -0.3 is 25.3 Å². The smallest absolute Gasteiger partial charge is 0.330 e. The topological polar surface area (TPSA) is 136 Å². The molecule has 3 N–H and O–H groups in total. The fourth-order valence-corrected chi connectivity index (χ4v) is 7.26. The van der Waals surface area contributed by atoms with Gasteiger partial charge in [-0.1, -0.05) is 55.8 Å². The van der Waals surface area contributed by atoms with Crippen LogP contribution in [0.15, 0.2) is 58.3 Å². The number of rotatable bonds is 8. The molecule has 12 heteroatoms. The lowest BCUT2D eigenvalue weighted by atomic mass is 9.85. The number of halogens is 1. The lowest BCUT2D eigenvalue weighted by molar-refractivity contribution is -0.119. The molecule has 2 aliphatic rings. The standard InChI is InChI=1S/C36H39ClN6O5/c1-19-22(9-8-12-26(19)40-32(45)25-18-42(4)35(47)43(5)34(25)46)23-10-7-11-24(30(23)37)27-15-20-16-36(2,3)31(29(20)33(41-27)48-6)38-17-21-13-14-28(44)39-21/h7-12,15,18,21,31,38H,13-14,16-17H2,1-6H3,(H,39,44)(H,40,45)/t21-,31-/m0/s1. The third-order valence-electron chi connectivity index (χ3n) is 9.51. The van der Waals surface area contributed by atoms with Crippen LogP contribution in [-0.2, 0) is 25.3 Å². The monoisotopic (exact) mass is 670 g/mol. The molecular formula is C36H39ClN6O5. The molecule has 1 fully saturated rings. The summed E-state index contributed by atoms with van der Waals surface area (Å²) in [5.74, 6) is 0.00772. The second-order valence-electron chi connectivity index (χ2n) is 13.3. The van der Waals surface area contributed by atoms with Gasteiger partial charge in [0.2, 0.25) is 11.8 Å². The number of aryl methyl sites for hydroxylation is 1. The Kier molecular flexibility index (Phi) is 8.78. The van der Waals surface area contributed by atoms with Gasteiger partial charge in [-0.25, -0.2) is 9.78 Å². The largest absolute Gasteiger partial charge is 0.481 e. The first-order valence-corrected chi connectivity index (χ1v) is 16.3. The fourth-order valence-electron chi connectivity index (χ4n) is 6.94. The normalized spacial score (nSPS) is 18.0. The van der Waals surface area contributed by atoms with Crippen LogP contribution in [0, 0.1) is 12.3 Å². The summed E-state index contributed by atoms with van der Waals surface area (Å²) in [4.78, 5) is 54.7. The number of methoxy groups -OCH3 is 1. The van der Waals surface area contributed by atoms with Crippen LogP contribution in [0.5, 0.6) is 5.88 Å². The second-order valence-corrected chi connectivity index (χ2v) is 13.7. The summed E-state index contributed by atoms with van der Waals surface area (Å²) < 4.78 is 7.98. The molecule has 4 aromatic rings. The van der Waals surface area contributed by atoms with Crippen LogP contribution in [0.3, 0.4) is 0 Å². The molecule has 2 amide bonds. The maximum Gasteiger partial charge on any atom is 0.330 e. The molecule has 2 aromatic heterocycles. The van der Waals surface area contributed by atoms with E-state index in [1.165, 1.54) is 24.9 Å². The Hall–Kier alpha value is -4.74. The van der Waals surface area contributed by atoms with Gasteiger partial charge in [-0.3, -0.25) is 19.0 Å². The van der Waals surface area contributed by atoms with Gasteiger partial charge in [-0.2, -0.15) is 0 Å².